The molecule has 0 saturated heterocycles. The van der Waals surface area contributed by atoms with Gasteiger partial charge >= 0.3 is 6.09 Å². The van der Waals surface area contributed by atoms with Gasteiger partial charge in [-0.25, -0.2) is 4.79 Å². The van der Waals surface area contributed by atoms with Crippen molar-refractivity contribution in [2.75, 3.05) is 26.2 Å². The molecule has 1 aliphatic rings. The molecule has 2 amide bonds. The molecule has 3 rings (SSSR count). The molecule has 0 saturated carbocycles. The Balaban J connectivity index is 1.61. The number of nitrogens with zero attached hydrogens (tertiary/aromatic N) is 2. The second-order valence-corrected chi connectivity index (χ2v) is 14.4. The van der Waals surface area contributed by atoms with Gasteiger partial charge in [0.1, 0.15) is 17.5 Å². The van der Waals surface area contributed by atoms with Gasteiger partial charge in [-0.05, 0) is 88.6 Å². The summed E-state index contributed by atoms with van der Waals surface area (Å²) in [7, 11) is 0. The zero-order chi connectivity index (χ0) is 33.4. The zero-order valence-corrected chi connectivity index (χ0v) is 28.8. The number of benzene rings is 2. The van der Waals surface area contributed by atoms with Crippen LogP contribution in [-0.4, -0.2) is 77.9 Å². The van der Waals surface area contributed by atoms with Crippen molar-refractivity contribution in [1.29, 1.82) is 0 Å². The number of aliphatic imine (C=N–C) groups is 1. The summed E-state index contributed by atoms with van der Waals surface area (Å²) in [4.78, 5) is 32.5. The second-order valence-electron chi connectivity index (χ2n) is 14.0. The van der Waals surface area contributed by atoms with Crippen LogP contribution in [0.5, 0.6) is 5.75 Å². The van der Waals surface area contributed by atoms with E-state index in [2.05, 4.69) is 60.6 Å². The quantitative estimate of drug-likeness (QED) is 0.223. The van der Waals surface area contributed by atoms with Crippen LogP contribution >= 0.6 is 11.6 Å². The third-order valence-corrected chi connectivity index (χ3v) is 7.48. The molecule has 3 N–H and O–H groups in total. The molecule has 0 bridgehead atoms. The lowest BCUT2D eigenvalue weighted by Crippen LogP contribution is -2.41. The molecule has 10 heteroatoms. The van der Waals surface area contributed by atoms with E-state index in [1.165, 1.54) is 0 Å². The van der Waals surface area contributed by atoms with E-state index < -0.39 is 11.7 Å². The van der Waals surface area contributed by atoms with Crippen molar-refractivity contribution < 1.29 is 24.2 Å². The lowest BCUT2D eigenvalue weighted by molar-refractivity contribution is 0.0523. The summed E-state index contributed by atoms with van der Waals surface area (Å²) in [5.74, 6) is 0.284. The molecule has 2 aromatic carbocycles. The van der Waals surface area contributed by atoms with E-state index in [1.54, 1.807) is 18.2 Å². The molecule has 9 nitrogen and oxygen atoms in total. The van der Waals surface area contributed by atoms with Crippen molar-refractivity contribution in [1.82, 2.24) is 15.5 Å². The van der Waals surface area contributed by atoms with Crippen molar-refractivity contribution >= 4 is 29.3 Å². The second kappa shape index (κ2) is 15.9. The van der Waals surface area contributed by atoms with Crippen LogP contribution in [0, 0.1) is 5.41 Å². The van der Waals surface area contributed by atoms with E-state index >= 15 is 0 Å². The van der Waals surface area contributed by atoms with Crippen LogP contribution in [0.1, 0.15) is 89.7 Å². The number of alkyl carbamates (subject to hydrolysis) is 1. The monoisotopic (exact) mass is 642 g/mol. The molecule has 0 aromatic heterocycles. The molecule has 0 radical (unpaired) electrons. The van der Waals surface area contributed by atoms with E-state index in [9.17, 15) is 14.7 Å². The molecule has 45 heavy (non-hydrogen) atoms. The average Bonchev–Trinajstić information content (AvgIpc) is 3.36. The van der Waals surface area contributed by atoms with E-state index in [0.717, 1.165) is 36.3 Å². The van der Waals surface area contributed by atoms with Gasteiger partial charge in [-0.3, -0.25) is 14.7 Å². The van der Waals surface area contributed by atoms with Crippen LogP contribution in [0.4, 0.5) is 4.79 Å². The molecule has 0 spiro atoms. The standard InChI is InChI=1S/C35H51ClN4O5/c1-23(2)44-30-15-14-26(21-28(30)36)31(42)38-27(16-19-41)20-24-10-12-25(13-11-24)29-22-40(32(39-29)34(3,4)5)18-9-17-37-33(43)45-35(6,7)8/h10-15,21,23,27,32,41H,9,16-20,22H2,1-8H3,(H,37,43)(H,38,42). The summed E-state index contributed by atoms with van der Waals surface area (Å²) in [5.41, 5.74) is 3.00. The van der Waals surface area contributed by atoms with Gasteiger partial charge in [0.2, 0.25) is 0 Å². The maximum Gasteiger partial charge on any atom is 0.407 e. The van der Waals surface area contributed by atoms with E-state index in [1.807, 2.05) is 34.6 Å². The minimum Gasteiger partial charge on any atom is -0.489 e. The van der Waals surface area contributed by atoms with Gasteiger partial charge in [-0.15, -0.1) is 0 Å². The normalized spacial score (nSPS) is 16.3. The molecule has 0 aliphatic carbocycles. The summed E-state index contributed by atoms with van der Waals surface area (Å²) in [6.45, 7) is 18.0. The van der Waals surface area contributed by atoms with Crippen molar-refractivity contribution in [3.8, 4) is 5.75 Å². The fourth-order valence-corrected chi connectivity index (χ4v) is 5.43. The molecule has 2 aromatic rings. The van der Waals surface area contributed by atoms with Crippen LogP contribution in [-0.2, 0) is 11.2 Å². The van der Waals surface area contributed by atoms with Crippen LogP contribution in [0.15, 0.2) is 47.5 Å². The number of ether oxygens (including phenoxy) is 2. The maximum absolute atomic E-state index is 13.0. The Hall–Kier alpha value is -3.14. The highest BCUT2D eigenvalue weighted by atomic mass is 35.5. The first-order valence-corrected chi connectivity index (χ1v) is 16.2. The predicted octanol–water partition coefficient (Wildman–Crippen LogP) is 6.24. The summed E-state index contributed by atoms with van der Waals surface area (Å²) in [6.07, 6.45) is 1.38. The molecule has 2 atom stereocenters. The highest BCUT2D eigenvalue weighted by molar-refractivity contribution is 6.32. The summed E-state index contributed by atoms with van der Waals surface area (Å²) >= 11 is 6.34. The molecule has 2 unspecified atom stereocenters. The predicted molar refractivity (Wildman–Crippen MR) is 181 cm³/mol. The number of nitrogens with one attached hydrogen (secondary N) is 2. The summed E-state index contributed by atoms with van der Waals surface area (Å²) in [6, 6.07) is 13.0. The fourth-order valence-electron chi connectivity index (χ4n) is 5.20. The third-order valence-electron chi connectivity index (χ3n) is 7.18. The van der Waals surface area contributed by atoms with Gasteiger partial charge in [0.15, 0.2) is 0 Å². The van der Waals surface area contributed by atoms with E-state index in [4.69, 9.17) is 26.1 Å². The minimum absolute atomic E-state index is 0.0253. The van der Waals surface area contributed by atoms with E-state index in [0.29, 0.717) is 35.7 Å². The average molecular weight is 643 g/mol. The lowest BCUT2D eigenvalue weighted by atomic mass is 9.92. The highest BCUT2D eigenvalue weighted by Gasteiger charge is 2.35. The molecule has 1 heterocycles. The number of carbonyl (C=O) groups excluding carboxylic acids is 2. The number of hydrogen-bond acceptors (Lipinski definition) is 7. The maximum atomic E-state index is 13.0. The topological polar surface area (TPSA) is 112 Å². The van der Waals surface area contributed by atoms with Crippen molar-refractivity contribution in [2.45, 2.75) is 98.6 Å². The first-order chi connectivity index (χ1) is 21.1. The van der Waals surface area contributed by atoms with Crippen LogP contribution < -0.4 is 15.4 Å². The third kappa shape index (κ3) is 11.6. The molecule has 1 aliphatic heterocycles. The van der Waals surface area contributed by atoms with Gasteiger partial charge in [0, 0.05) is 37.8 Å². The Morgan fingerprint density at radius 2 is 1.78 bits per heavy atom. The number of amides is 2. The van der Waals surface area contributed by atoms with Crippen LogP contribution in [0.2, 0.25) is 5.02 Å². The lowest BCUT2D eigenvalue weighted by Gasteiger charge is -2.33. The van der Waals surface area contributed by atoms with Crippen molar-refractivity contribution in [3.63, 3.8) is 0 Å². The number of rotatable bonds is 13. The van der Waals surface area contributed by atoms with E-state index in [-0.39, 0.29) is 36.2 Å². The molecular weight excluding hydrogens is 592 g/mol. The number of carbonyl (C=O) groups is 2. The highest BCUT2D eigenvalue weighted by Crippen LogP contribution is 2.31. The van der Waals surface area contributed by atoms with Gasteiger partial charge in [0.05, 0.1) is 16.8 Å². The largest absolute Gasteiger partial charge is 0.489 e. The minimum atomic E-state index is -0.521. The van der Waals surface area contributed by atoms with Gasteiger partial charge in [-0.1, -0.05) is 56.6 Å². The Morgan fingerprint density at radius 1 is 1.09 bits per heavy atom. The summed E-state index contributed by atoms with van der Waals surface area (Å²) in [5, 5.41) is 15.9. The Bertz CT molecular complexity index is 1310. The van der Waals surface area contributed by atoms with Crippen molar-refractivity contribution in [3.05, 3.63) is 64.2 Å². The molecule has 0 fully saturated rings. The summed E-state index contributed by atoms with van der Waals surface area (Å²) < 4.78 is 11.0. The molecular formula is C35H51ClN4O5. The number of aliphatic hydroxyl groups is 1. The fraction of sp³-hybridized carbons (Fsp3) is 0.571. The molecule has 248 valence electrons. The van der Waals surface area contributed by atoms with Crippen LogP contribution in [0.25, 0.3) is 0 Å². The Morgan fingerprint density at radius 3 is 2.36 bits per heavy atom. The SMILES string of the molecule is CC(C)Oc1ccc(C(=O)NC(CCO)Cc2ccc(C3=NC(C(C)(C)C)N(CCCNC(=O)OC(C)(C)C)C3)cc2)cc1Cl. The number of halogens is 1. The smallest absolute Gasteiger partial charge is 0.407 e. The Labute approximate surface area is 273 Å². The number of hydrogen-bond donors (Lipinski definition) is 3. The van der Waals surface area contributed by atoms with Gasteiger partial charge in [-0.2, -0.15) is 0 Å². The van der Waals surface area contributed by atoms with Gasteiger partial charge in [0.25, 0.3) is 5.91 Å². The van der Waals surface area contributed by atoms with Crippen LogP contribution in [0.3, 0.4) is 0 Å². The first kappa shape index (κ1) is 36.3. The first-order valence-electron chi connectivity index (χ1n) is 15.8. The number of aliphatic hydroxyl groups excluding tert-OH is 1. The Kier molecular flexibility index (Phi) is 12.9. The zero-order valence-electron chi connectivity index (χ0n) is 28.1. The van der Waals surface area contributed by atoms with Crippen molar-refractivity contribution in [2.24, 2.45) is 10.4 Å². The van der Waals surface area contributed by atoms with Gasteiger partial charge < -0.3 is 25.2 Å².